The third kappa shape index (κ3) is 5.06. The summed E-state index contributed by atoms with van der Waals surface area (Å²) >= 11 is 0. The van der Waals surface area contributed by atoms with E-state index < -0.39 is 35.2 Å². The summed E-state index contributed by atoms with van der Waals surface area (Å²) in [6.45, 7) is 15.4. The van der Waals surface area contributed by atoms with Crippen molar-refractivity contribution in [2.24, 2.45) is 22.7 Å². The van der Waals surface area contributed by atoms with Crippen LogP contribution in [0.3, 0.4) is 0 Å². The second kappa shape index (κ2) is 9.29. The SMILES string of the molecule is CC(C)(C)OC(=O)N[C@H](C(=O)N1C[C@H]2[C@@H]([C@H]1C(=O)NC(C#N)c1cncc3[nH]ccc13)C2(C)C)C(C)(C)C. The lowest BCUT2D eigenvalue weighted by molar-refractivity contribution is -0.144. The summed E-state index contributed by atoms with van der Waals surface area (Å²) in [4.78, 5) is 49.2. The molecule has 0 aromatic carbocycles. The number of likely N-dealkylation sites (tertiary alicyclic amines) is 1. The molecule has 1 unspecified atom stereocenters. The van der Waals surface area contributed by atoms with E-state index in [4.69, 9.17) is 4.74 Å². The van der Waals surface area contributed by atoms with Gasteiger partial charge in [0, 0.05) is 29.9 Å². The number of carbonyl (C=O) groups excluding carboxylic acids is 3. The van der Waals surface area contributed by atoms with E-state index in [9.17, 15) is 19.6 Å². The number of piperidine rings is 1. The summed E-state index contributed by atoms with van der Waals surface area (Å²) in [7, 11) is 0. The van der Waals surface area contributed by atoms with Crippen LogP contribution in [0.15, 0.2) is 24.7 Å². The minimum Gasteiger partial charge on any atom is -0.444 e. The second-order valence-electron chi connectivity index (χ2n) is 13.1. The molecule has 38 heavy (non-hydrogen) atoms. The molecule has 3 N–H and O–H groups in total. The molecule has 2 aromatic heterocycles. The highest BCUT2D eigenvalue weighted by molar-refractivity contribution is 5.94. The highest BCUT2D eigenvalue weighted by Crippen LogP contribution is 2.65. The zero-order chi connectivity index (χ0) is 28.2. The van der Waals surface area contributed by atoms with Crippen LogP contribution in [0, 0.1) is 34.0 Å². The Bertz CT molecular complexity index is 1290. The molecule has 2 aromatic rings. The lowest BCUT2D eigenvalue weighted by atomic mass is 9.85. The maximum absolute atomic E-state index is 13.9. The molecule has 1 aliphatic carbocycles. The number of hydrogen-bond acceptors (Lipinski definition) is 6. The van der Waals surface area contributed by atoms with Crippen LogP contribution in [-0.2, 0) is 14.3 Å². The summed E-state index contributed by atoms with van der Waals surface area (Å²) in [6, 6.07) is 1.41. The number of fused-ring (bicyclic) bond motifs is 2. The van der Waals surface area contributed by atoms with E-state index in [1.54, 1.807) is 44.3 Å². The summed E-state index contributed by atoms with van der Waals surface area (Å²) in [5.74, 6) is -0.622. The topological polar surface area (TPSA) is 140 Å². The highest BCUT2D eigenvalue weighted by Gasteiger charge is 2.69. The van der Waals surface area contributed by atoms with Gasteiger partial charge in [-0.25, -0.2) is 4.79 Å². The number of pyridine rings is 1. The first-order chi connectivity index (χ1) is 17.6. The number of aromatic nitrogens is 2. The Kier molecular flexibility index (Phi) is 6.71. The Hall–Kier alpha value is -3.61. The Labute approximate surface area is 223 Å². The van der Waals surface area contributed by atoms with Crippen LogP contribution in [0.25, 0.3) is 10.9 Å². The molecule has 1 aliphatic heterocycles. The first kappa shape index (κ1) is 27.4. The number of hydrogen-bond donors (Lipinski definition) is 3. The molecule has 3 heterocycles. The zero-order valence-corrected chi connectivity index (χ0v) is 23.4. The quantitative estimate of drug-likeness (QED) is 0.547. The Balaban J connectivity index is 1.60. The van der Waals surface area contributed by atoms with Crippen molar-refractivity contribution in [3.05, 3.63) is 30.2 Å². The average molecular weight is 523 g/mol. The van der Waals surface area contributed by atoms with Gasteiger partial charge in [-0.2, -0.15) is 5.26 Å². The summed E-state index contributed by atoms with van der Waals surface area (Å²) in [5.41, 5.74) is -0.123. The van der Waals surface area contributed by atoms with Gasteiger partial charge in [0.25, 0.3) is 0 Å². The van der Waals surface area contributed by atoms with E-state index in [1.807, 2.05) is 26.8 Å². The molecule has 0 spiro atoms. The summed E-state index contributed by atoms with van der Waals surface area (Å²) in [5, 5.41) is 16.4. The number of ether oxygens (including phenoxy) is 1. The second-order valence-corrected chi connectivity index (χ2v) is 13.1. The molecule has 10 nitrogen and oxygen atoms in total. The molecule has 1 saturated carbocycles. The monoisotopic (exact) mass is 522 g/mol. The van der Waals surface area contributed by atoms with Crippen molar-refractivity contribution in [2.45, 2.75) is 79.1 Å². The number of H-pyrrole nitrogens is 1. The van der Waals surface area contributed by atoms with Gasteiger partial charge in [-0.05, 0) is 49.5 Å². The van der Waals surface area contributed by atoms with Gasteiger partial charge < -0.3 is 25.3 Å². The van der Waals surface area contributed by atoms with E-state index >= 15 is 0 Å². The fourth-order valence-electron chi connectivity index (χ4n) is 5.69. The minimum absolute atomic E-state index is 0.0471. The standard InChI is InChI=1S/C28H38N6O4/c1-26(2,3)22(33-25(37)38-27(4,5)6)24(36)34-14-17-20(28(17,7)8)21(34)23(35)32-18(11-29)16-12-30-13-19-15(16)9-10-31-19/h9-10,12-13,17-18,20-22,31H,14H2,1-8H3,(H,32,35)(H,33,37)/t17-,18?,20-,21-,22+/m0/s1. The third-order valence-corrected chi connectivity index (χ3v) is 7.77. The number of nitriles is 1. The molecule has 0 radical (unpaired) electrons. The Morgan fingerprint density at radius 3 is 2.47 bits per heavy atom. The molecule has 4 rings (SSSR count). The van der Waals surface area contributed by atoms with Crippen LogP contribution in [0.5, 0.6) is 0 Å². The number of nitrogens with zero attached hydrogens (tertiary/aromatic N) is 3. The Morgan fingerprint density at radius 2 is 1.87 bits per heavy atom. The summed E-state index contributed by atoms with van der Waals surface area (Å²) < 4.78 is 5.41. The molecule has 0 bridgehead atoms. The normalized spacial score (nSPS) is 23.7. The van der Waals surface area contributed by atoms with Crippen LogP contribution in [-0.4, -0.2) is 57.0 Å². The van der Waals surface area contributed by atoms with Crippen molar-refractivity contribution >= 4 is 28.8 Å². The number of alkyl carbamates (subject to hydrolysis) is 1. The fraction of sp³-hybridized carbons (Fsp3) is 0.607. The molecule has 3 amide bonds. The number of amides is 3. The van der Waals surface area contributed by atoms with Gasteiger partial charge in [0.05, 0.1) is 17.8 Å². The van der Waals surface area contributed by atoms with Crippen LogP contribution in [0.2, 0.25) is 0 Å². The number of nitrogens with one attached hydrogen (secondary N) is 3. The van der Waals surface area contributed by atoms with E-state index in [-0.39, 0.29) is 29.1 Å². The maximum Gasteiger partial charge on any atom is 0.408 e. The first-order valence-corrected chi connectivity index (χ1v) is 13.0. The molecule has 1 saturated heterocycles. The largest absolute Gasteiger partial charge is 0.444 e. The predicted octanol–water partition coefficient (Wildman–Crippen LogP) is 3.67. The van der Waals surface area contributed by atoms with Gasteiger partial charge >= 0.3 is 6.09 Å². The van der Waals surface area contributed by atoms with Gasteiger partial charge in [0.1, 0.15) is 23.7 Å². The molecule has 204 valence electrons. The van der Waals surface area contributed by atoms with Crippen molar-refractivity contribution in [2.75, 3.05) is 6.54 Å². The van der Waals surface area contributed by atoms with E-state index in [1.165, 1.54) is 0 Å². The van der Waals surface area contributed by atoms with Crippen LogP contribution in [0.1, 0.15) is 67.0 Å². The molecule has 10 heteroatoms. The van der Waals surface area contributed by atoms with Crippen molar-refractivity contribution in [1.29, 1.82) is 5.26 Å². The van der Waals surface area contributed by atoms with E-state index in [0.717, 1.165) is 10.9 Å². The Morgan fingerprint density at radius 1 is 1.18 bits per heavy atom. The minimum atomic E-state index is -0.939. The lowest BCUT2D eigenvalue weighted by Gasteiger charge is -2.38. The van der Waals surface area contributed by atoms with Gasteiger partial charge in [0.15, 0.2) is 0 Å². The lowest BCUT2D eigenvalue weighted by Crippen LogP contribution is -2.59. The van der Waals surface area contributed by atoms with Gasteiger partial charge in [-0.3, -0.25) is 14.6 Å². The first-order valence-electron chi connectivity index (χ1n) is 13.0. The highest BCUT2D eigenvalue weighted by atomic mass is 16.6. The molecule has 2 fully saturated rings. The smallest absolute Gasteiger partial charge is 0.408 e. The number of aromatic amines is 1. The van der Waals surface area contributed by atoms with Crippen molar-refractivity contribution in [1.82, 2.24) is 25.5 Å². The fourth-order valence-corrected chi connectivity index (χ4v) is 5.69. The van der Waals surface area contributed by atoms with Gasteiger partial charge in [0.2, 0.25) is 11.8 Å². The molecule has 2 aliphatic rings. The van der Waals surface area contributed by atoms with Crippen LogP contribution >= 0.6 is 0 Å². The molecular weight excluding hydrogens is 484 g/mol. The zero-order valence-electron chi connectivity index (χ0n) is 23.4. The number of rotatable bonds is 5. The van der Waals surface area contributed by atoms with Crippen molar-refractivity contribution in [3.8, 4) is 6.07 Å². The van der Waals surface area contributed by atoms with Crippen molar-refractivity contribution in [3.63, 3.8) is 0 Å². The predicted molar refractivity (Wildman–Crippen MR) is 141 cm³/mol. The van der Waals surface area contributed by atoms with E-state index in [0.29, 0.717) is 12.1 Å². The summed E-state index contributed by atoms with van der Waals surface area (Å²) in [6.07, 6.45) is 4.30. The van der Waals surface area contributed by atoms with Crippen LogP contribution in [0.4, 0.5) is 4.79 Å². The number of carbonyl (C=O) groups is 3. The molecular formula is C28H38N6O4. The molecule has 5 atom stereocenters. The van der Waals surface area contributed by atoms with Gasteiger partial charge in [-0.1, -0.05) is 34.6 Å². The van der Waals surface area contributed by atoms with E-state index in [2.05, 4.69) is 40.5 Å². The third-order valence-electron chi connectivity index (χ3n) is 7.77. The van der Waals surface area contributed by atoms with Gasteiger partial charge in [-0.15, -0.1) is 0 Å². The van der Waals surface area contributed by atoms with Crippen LogP contribution < -0.4 is 10.6 Å². The average Bonchev–Trinajstić information content (AvgIpc) is 3.22. The van der Waals surface area contributed by atoms with Crippen molar-refractivity contribution < 1.29 is 19.1 Å². The maximum atomic E-state index is 13.9.